The van der Waals surface area contributed by atoms with E-state index in [9.17, 15) is 5.11 Å². The Hall–Kier alpha value is -1.06. The van der Waals surface area contributed by atoms with Gasteiger partial charge in [0.1, 0.15) is 5.75 Å². The third kappa shape index (κ3) is 5.01. The largest absolute Gasteiger partial charge is 0.494 e. The molecule has 0 aromatic heterocycles. The van der Waals surface area contributed by atoms with E-state index in [0.29, 0.717) is 12.6 Å². The molecule has 2 unspecified atom stereocenters. The lowest BCUT2D eigenvalue weighted by Gasteiger charge is -2.35. The molecule has 3 heteroatoms. The van der Waals surface area contributed by atoms with Crippen LogP contribution in [0.25, 0.3) is 0 Å². The number of aliphatic hydroxyl groups is 1. The summed E-state index contributed by atoms with van der Waals surface area (Å²) in [5.41, 5.74) is 2.29. The summed E-state index contributed by atoms with van der Waals surface area (Å²) in [7, 11) is 2.14. The number of aliphatic hydroxyl groups excluding tert-OH is 1. The van der Waals surface area contributed by atoms with Crippen molar-refractivity contribution in [3.63, 3.8) is 0 Å². The van der Waals surface area contributed by atoms with E-state index < -0.39 is 6.10 Å². The zero-order chi connectivity index (χ0) is 16.2. The molecule has 0 fully saturated rings. The smallest absolute Gasteiger partial charge is 0.123 e. The Labute approximate surface area is 129 Å². The third-order valence-electron chi connectivity index (χ3n) is 4.20. The Morgan fingerprint density at radius 1 is 1.24 bits per heavy atom. The Balaban J connectivity index is 3.01. The summed E-state index contributed by atoms with van der Waals surface area (Å²) in [4.78, 5) is 2.34. The van der Waals surface area contributed by atoms with Crippen molar-refractivity contribution in [1.82, 2.24) is 4.90 Å². The zero-order valence-corrected chi connectivity index (χ0v) is 14.6. The van der Waals surface area contributed by atoms with Gasteiger partial charge in [0.2, 0.25) is 0 Å². The first-order chi connectivity index (χ1) is 9.66. The second-order valence-electron chi connectivity index (χ2n) is 6.93. The van der Waals surface area contributed by atoms with Crippen LogP contribution in [0.15, 0.2) is 18.2 Å². The van der Waals surface area contributed by atoms with Gasteiger partial charge in [0.25, 0.3) is 0 Å². The lowest BCUT2D eigenvalue weighted by atomic mass is 9.87. The highest BCUT2D eigenvalue weighted by atomic mass is 16.5. The minimum Gasteiger partial charge on any atom is -0.494 e. The maximum Gasteiger partial charge on any atom is 0.123 e. The van der Waals surface area contributed by atoms with Crippen LogP contribution in [-0.2, 0) is 6.54 Å². The molecule has 1 aromatic rings. The standard InChI is InChI=1S/C18H31NO2/c1-8-21-17-10-9-15(13(2)20)11-16(17)12-19(7)14(3)18(4,5)6/h9-11,13-14,20H,8,12H2,1-7H3. The molecule has 2 atom stereocenters. The maximum atomic E-state index is 9.79. The highest BCUT2D eigenvalue weighted by Crippen LogP contribution is 2.28. The highest BCUT2D eigenvalue weighted by molar-refractivity contribution is 5.38. The highest BCUT2D eigenvalue weighted by Gasteiger charge is 2.24. The molecular formula is C18H31NO2. The fraction of sp³-hybridized carbons (Fsp3) is 0.667. The lowest BCUT2D eigenvalue weighted by Crippen LogP contribution is -2.38. The van der Waals surface area contributed by atoms with Gasteiger partial charge in [0, 0.05) is 18.2 Å². The first kappa shape index (κ1) is 18.0. The molecule has 0 spiro atoms. The van der Waals surface area contributed by atoms with E-state index >= 15 is 0 Å². The minimum atomic E-state index is -0.454. The van der Waals surface area contributed by atoms with Crippen molar-refractivity contribution < 1.29 is 9.84 Å². The van der Waals surface area contributed by atoms with Crippen molar-refractivity contribution in [2.45, 2.75) is 60.2 Å². The van der Waals surface area contributed by atoms with Gasteiger partial charge in [-0.2, -0.15) is 0 Å². The number of hydrogen-bond acceptors (Lipinski definition) is 3. The summed E-state index contributed by atoms with van der Waals surface area (Å²) in [6, 6.07) is 6.41. The Kier molecular flexibility index (Phi) is 6.24. The molecule has 0 bridgehead atoms. The molecule has 0 saturated heterocycles. The molecule has 120 valence electrons. The molecule has 1 rings (SSSR count). The average molecular weight is 293 g/mol. The van der Waals surface area contributed by atoms with Crippen LogP contribution in [-0.4, -0.2) is 29.7 Å². The molecule has 0 radical (unpaired) electrons. The molecule has 1 aromatic carbocycles. The molecule has 0 aliphatic heterocycles. The molecule has 1 N–H and O–H groups in total. The fourth-order valence-electron chi connectivity index (χ4n) is 2.35. The van der Waals surface area contributed by atoms with E-state index in [1.54, 1.807) is 6.92 Å². The van der Waals surface area contributed by atoms with Gasteiger partial charge in [0.05, 0.1) is 12.7 Å². The SMILES string of the molecule is CCOc1ccc(C(C)O)cc1CN(C)C(C)C(C)(C)C. The van der Waals surface area contributed by atoms with Crippen LogP contribution in [0, 0.1) is 5.41 Å². The predicted molar refractivity (Wildman–Crippen MR) is 88.6 cm³/mol. The zero-order valence-electron chi connectivity index (χ0n) is 14.6. The van der Waals surface area contributed by atoms with Crippen LogP contribution in [0.1, 0.15) is 58.8 Å². The van der Waals surface area contributed by atoms with Gasteiger partial charge in [-0.1, -0.05) is 26.8 Å². The van der Waals surface area contributed by atoms with Crippen molar-refractivity contribution >= 4 is 0 Å². The van der Waals surface area contributed by atoms with Gasteiger partial charge >= 0.3 is 0 Å². The molecule has 0 saturated carbocycles. The number of rotatable bonds is 6. The van der Waals surface area contributed by atoms with E-state index in [4.69, 9.17) is 4.74 Å². The van der Waals surface area contributed by atoms with Gasteiger partial charge in [-0.15, -0.1) is 0 Å². The Morgan fingerprint density at radius 2 is 1.86 bits per heavy atom. The summed E-state index contributed by atoms with van der Waals surface area (Å²) < 4.78 is 5.73. The first-order valence-corrected chi connectivity index (χ1v) is 7.80. The Bertz CT molecular complexity index is 449. The van der Waals surface area contributed by atoms with Crippen LogP contribution in [0.4, 0.5) is 0 Å². The van der Waals surface area contributed by atoms with Crippen LogP contribution in [0.3, 0.4) is 0 Å². The van der Waals surface area contributed by atoms with Gasteiger partial charge < -0.3 is 9.84 Å². The van der Waals surface area contributed by atoms with Crippen LogP contribution >= 0.6 is 0 Å². The number of hydrogen-bond donors (Lipinski definition) is 1. The normalized spacial score (nSPS) is 15.1. The second kappa shape index (κ2) is 7.28. The van der Waals surface area contributed by atoms with Crippen molar-refractivity contribution in [2.75, 3.05) is 13.7 Å². The van der Waals surface area contributed by atoms with Crippen molar-refractivity contribution in [3.8, 4) is 5.75 Å². The molecule has 21 heavy (non-hydrogen) atoms. The maximum absolute atomic E-state index is 9.79. The number of nitrogens with zero attached hydrogens (tertiary/aromatic N) is 1. The predicted octanol–water partition coefficient (Wildman–Crippen LogP) is 4.01. The van der Waals surface area contributed by atoms with Crippen LogP contribution in [0.2, 0.25) is 0 Å². The van der Waals surface area contributed by atoms with E-state index in [2.05, 4.69) is 45.7 Å². The van der Waals surface area contributed by atoms with E-state index in [1.165, 1.54) is 0 Å². The second-order valence-corrected chi connectivity index (χ2v) is 6.93. The van der Waals surface area contributed by atoms with Crippen molar-refractivity contribution in [1.29, 1.82) is 0 Å². The summed E-state index contributed by atoms with van der Waals surface area (Å²) in [6.07, 6.45) is -0.454. The molecule has 0 aliphatic carbocycles. The fourth-order valence-corrected chi connectivity index (χ4v) is 2.35. The van der Waals surface area contributed by atoms with E-state index in [0.717, 1.165) is 23.4 Å². The third-order valence-corrected chi connectivity index (χ3v) is 4.20. The van der Waals surface area contributed by atoms with Gasteiger partial charge in [-0.25, -0.2) is 0 Å². The lowest BCUT2D eigenvalue weighted by molar-refractivity contribution is 0.133. The van der Waals surface area contributed by atoms with Crippen molar-refractivity contribution in [2.24, 2.45) is 5.41 Å². The quantitative estimate of drug-likeness (QED) is 0.860. The van der Waals surface area contributed by atoms with Gasteiger partial charge in [0.15, 0.2) is 0 Å². The molecule has 0 heterocycles. The molecule has 0 aliphatic rings. The summed E-state index contributed by atoms with van der Waals surface area (Å²) in [5, 5.41) is 9.79. The molecule has 3 nitrogen and oxygen atoms in total. The molecule has 0 amide bonds. The number of ether oxygens (including phenoxy) is 1. The topological polar surface area (TPSA) is 32.7 Å². The van der Waals surface area contributed by atoms with E-state index in [-0.39, 0.29) is 5.41 Å². The van der Waals surface area contributed by atoms with Gasteiger partial charge in [-0.3, -0.25) is 4.90 Å². The number of benzene rings is 1. The summed E-state index contributed by atoms with van der Waals surface area (Å²) in [6.45, 7) is 14.3. The van der Waals surface area contributed by atoms with Crippen molar-refractivity contribution in [3.05, 3.63) is 29.3 Å². The molecular weight excluding hydrogens is 262 g/mol. The minimum absolute atomic E-state index is 0.225. The average Bonchev–Trinajstić information content (AvgIpc) is 2.38. The summed E-state index contributed by atoms with van der Waals surface area (Å²) in [5.74, 6) is 0.912. The van der Waals surface area contributed by atoms with Crippen LogP contribution in [0.5, 0.6) is 5.75 Å². The van der Waals surface area contributed by atoms with Gasteiger partial charge in [-0.05, 0) is 50.9 Å². The summed E-state index contributed by atoms with van der Waals surface area (Å²) >= 11 is 0. The Morgan fingerprint density at radius 3 is 2.33 bits per heavy atom. The van der Waals surface area contributed by atoms with E-state index in [1.807, 2.05) is 19.1 Å². The van der Waals surface area contributed by atoms with Crippen LogP contribution < -0.4 is 4.74 Å². The monoisotopic (exact) mass is 293 g/mol. The first-order valence-electron chi connectivity index (χ1n) is 7.80.